The van der Waals surface area contributed by atoms with Gasteiger partial charge >= 0.3 is 12.0 Å². The van der Waals surface area contributed by atoms with Gasteiger partial charge in [0.05, 0.1) is 6.61 Å². The number of rotatable bonds is 5. The molecule has 0 saturated carbocycles. The molecule has 26 heavy (non-hydrogen) atoms. The minimum Gasteiger partial charge on any atom is -0.494 e. The van der Waals surface area contributed by atoms with Crippen LogP contribution in [0.2, 0.25) is 0 Å². The van der Waals surface area contributed by atoms with E-state index in [1.54, 1.807) is 25.1 Å². The number of imide groups is 1. The molecule has 2 aromatic rings. The Bertz CT molecular complexity index is 872. The van der Waals surface area contributed by atoms with E-state index in [9.17, 15) is 14.4 Å². The van der Waals surface area contributed by atoms with Gasteiger partial charge in [-0.25, -0.2) is 9.59 Å². The van der Waals surface area contributed by atoms with Crippen LogP contribution in [-0.2, 0) is 9.53 Å². The first-order chi connectivity index (χ1) is 12.4. The Morgan fingerprint density at radius 2 is 2.15 bits per heavy atom. The van der Waals surface area contributed by atoms with E-state index >= 15 is 0 Å². The molecule has 2 heterocycles. The van der Waals surface area contributed by atoms with Crippen molar-refractivity contribution in [2.45, 2.75) is 26.9 Å². The molecule has 1 fully saturated rings. The quantitative estimate of drug-likeness (QED) is 0.821. The molecule has 3 rings (SSSR count). The van der Waals surface area contributed by atoms with Crippen LogP contribution in [0.1, 0.15) is 30.0 Å². The smallest absolute Gasteiger partial charge is 0.375 e. The summed E-state index contributed by atoms with van der Waals surface area (Å²) in [5.41, 5.74) is 1.13. The predicted octanol–water partition coefficient (Wildman–Crippen LogP) is 2.24. The molecule has 0 spiro atoms. The number of carbonyl (C=O) groups is 3. The van der Waals surface area contributed by atoms with Crippen LogP contribution in [0.15, 0.2) is 22.6 Å². The van der Waals surface area contributed by atoms with Crippen LogP contribution >= 0.6 is 0 Å². The number of fused-ring (bicyclic) bond motifs is 1. The summed E-state index contributed by atoms with van der Waals surface area (Å²) in [6.07, 6.45) is -1.10. The molecule has 8 nitrogen and oxygen atoms in total. The van der Waals surface area contributed by atoms with Crippen molar-refractivity contribution >= 4 is 28.9 Å². The molecular formula is C18H20N2O6. The molecule has 0 radical (unpaired) electrons. The molecule has 1 aromatic heterocycles. The van der Waals surface area contributed by atoms with Crippen LogP contribution in [-0.4, -0.2) is 48.6 Å². The molecule has 0 bridgehead atoms. The number of hydrogen-bond donors (Lipinski definition) is 1. The Balaban J connectivity index is 1.78. The van der Waals surface area contributed by atoms with Crippen molar-refractivity contribution < 1.29 is 28.3 Å². The minimum absolute atomic E-state index is 0.0270. The van der Waals surface area contributed by atoms with Crippen LogP contribution < -0.4 is 10.1 Å². The number of amides is 3. The van der Waals surface area contributed by atoms with Gasteiger partial charge in [-0.2, -0.15) is 0 Å². The third-order valence-corrected chi connectivity index (χ3v) is 4.16. The molecule has 1 atom stereocenters. The van der Waals surface area contributed by atoms with E-state index in [-0.39, 0.29) is 12.3 Å². The number of ether oxygens (including phenoxy) is 2. The summed E-state index contributed by atoms with van der Waals surface area (Å²) in [5.74, 6) is -0.621. The first kappa shape index (κ1) is 17.8. The second-order valence-electron chi connectivity index (χ2n) is 5.92. The summed E-state index contributed by atoms with van der Waals surface area (Å²) in [4.78, 5) is 37.3. The predicted molar refractivity (Wildman–Crippen MR) is 92.1 cm³/mol. The normalized spacial score (nSPS) is 15.0. The lowest BCUT2D eigenvalue weighted by atomic mass is 10.1. The van der Waals surface area contributed by atoms with E-state index in [1.165, 1.54) is 6.92 Å². The number of hydrogen-bond acceptors (Lipinski definition) is 6. The van der Waals surface area contributed by atoms with Gasteiger partial charge in [0.1, 0.15) is 11.3 Å². The molecule has 1 aliphatic rings. The zero-order valence-electron chi connectivity index (χ0n) is 14.8. The molecule has 1 unspecified atom stereocenters. The number of esters is 1. The molecule has 1 aliphatic heterocycles. The van der Waals surface area contributed by atoms with Gasteiger partial charge < -0.3 is 19.2 Å². The van der Waals surface area contributed by atoms with Gasteiger partial charge in [-0.1, -0.05) is 0 Å². The molecule has 1 N–H and O–H groups in total. The fourth-order valence-electron chi connectivity index (χ4n) is 2.82. The number of furan rings is 1. The summed E-state index contributed by atoms with van der Waals surface area (Å²) in [6.45, 7) is 6.21. The monoisotopic (exact) mass is 360 g/mol. The summed E-state index contributed by atoms with van der Waals surface area (Å²) < 4.78 is 16.3. The second kappa shape index (κ2) is 7.07. The molecule has 8 heteroatoms. The Labute approximate surface area is 150 Å². The standard InChI is InChI=1S/C18H20N2O6/c1-4-24-12-5-6-14-13(9-12)10(2)15(26-14)17(22)25-11(3)16(21)20-8-7-19-18(20)23/h5-6,9,11H,4,7-8H2,1-3H3,(H,19,23). The van der Waals surface area contributed by atoms with Crippen LogP contribution in [0.5, 0.6) is 5.75 Å². The molecular weight excluding hydrogens is 340 g/mol. The first-order valence-corrected chi connectivity index (χ1v) is 8.38. The van der Waals surface area contributed by atoms with Gasteiger partial charge in [0.2, 0.25) is 5.76 Å². The number of nitrogens with zero attached hydrogens (tertiary/aromatic N) is 1. The maximum atomic E-state index is 12.4. The highest BCUT2D eigenvalue weighted by Gasteiger charge is 2.32. The zero-order chi connectivity index (χ0) is 18.8. The fourth-order valence-corrected chi connectivity index (χ4v) is 2.82. The van der Waals surface area contributed by atoms with Gasteiger partial charge in [-0.15, -0.1) is 0 Å². The van der Waals surface area contributed by atoms with Gasteiger partial charge in [0.15, 0.2) is 6.10 Å². The second-order valence-corrected chi connectivity index (χ2v) is 5.92. The van der Waals surface area contributed by atoms with Crippen LogP contribution in [0.3, 0.4) is 0 Å². The van der Waals surface area contributed by atoms with E-state index in [2.05, 4.69) is 5.32 Å². The van der Waals surface area contributed by atoms with Gasteiger partial charge in [-0.3, -0.25) is 9.69 Å². The lowest BCUT2D eigenvalue weighted by molar-refractivity contribution is -0.136. The van der Waals surface area contributed by atoms with Crippen molar-refractivity contribution in [3.8, 4) is 5.75 Å². The largest absolute Gasteiger partial charge is 0.494 e. The zero-order valence-corrected chi connectivity index (χ0v) is 14.8. The summed E-state index contributed by atoms with van der Waals surface area (Å²) in [6, 6.07) is 4.77. The van der Waals surface area contributed by atoms with E-state index in [4.69, 9.17) is 13.9 Å². The number of benzene rings is 1. The molecule has 3 amide bonds. The van der Waals surface area contributed by atoms with Crippen molar-refractivity contribution in [2.24, 2.45) is 0 Å². The lowest BCUT2D eigenvalue weighted by Gasteiger charge is -2.17. The molecule has 0 aliphatic carbocycles. The molecule has 1 aromatic carbocycles. The summed E-state index contributed by atoms with van der Waals surface area (Å²) in [7, 11) is 0. The third kappa shape index (κ3) is 3.22. The fraction of sp³-hybridized carbons (Fsp3) is 0.389. The minimum atomic E-state index is -1.10. The maximum absolute atomic E-state index is 12.4. The van der Waals surface area contributed by atoms with Crippen molar-refractivity contribution in [3.05, 3.63) is 29.5 Å². The summed E-state index contributed by atoms with van der Waals surface area (Å²) in [5, 5.41) is 3.26. The van der Waals surface area contributed by atoms with Crippen LogP contribution in [0.4, 0.5) is 4.79 Å². The molecule has 1 saturated heterocycles. The highest BCUT2D eigenvalue weighted by molar-refractivity contribution is 6.00. The SMILES string of the molecule is CCOc1ccc2oc(C(=O)OC(C)C(=O)N3CCNC3=O)c(C)c2c1. The number of urea groups is 1. The highest BCUT2D eigenvalue weighted by atomic mass is 16.6. The average molecular weight is 360 g/mol. The van der Waals surface area contributed by atoms with Gasteiger partial charge in [0.25, 0.3) is 5.91 Å². The van der Waals surface area contributed by atoms with E-state index < -0.39 is 24.0 Å². The Morgan fingerprint density at radius 1 is 1.38 bits per heavy atom. The Hall–Kier alpha value is -3.03. The maximum Gasteiger partial charge on any atom is 0.375 e. The van der Waals surface area contributed by atoms with Crippen molar-refractivity contribution in [2.75, 3.05) is 19.7 Å². The molecule has 138 valence electrons. The van der Waals surface area contributed by atoms with Crippen LogP contribution in [0.25, 0.3) is 11.0 Å². The van der Waals surface area contributed by atoms with Gasteiger partial charge in [0, 0.05) is 24.0 Å². The lowest BCUT2D eigenvalue weighted by Crippen LogP contribution is -2.41. The highest BCUT2D eigenvalue weighted by Crippen LogP contribution is 2.29. The van der Waals surface area contributed by atoms with E-state index in [1.807, 2.05) is 6.92 Å². The average Bonchev–Trinajstić information content (AvgIpc) is 3.18. The summed E-state index contributed by atoms with van der Waals surface area (Å²) >= 11 is 0. The Morgan fingerprint density at radius 3 is 2.81 bits per heavy atom. The number of nitrogens with one attached hydrogen (secondary N) is 1. The van der Waals surface area contributed by atoms with E-state index in [0.29, 0.717) is 30.0 Å². The van der Waals surface area contributed by atoms with E-state index in [0.717, 1.165) is 10.3 Å². The third-order valence-electron chi connectivity index (χ3n) is 4.16. The van der Waals surface area contributed by atoms with Crippen LogP contribution in [0, 0.1) is 6.92 Å². The van der Waals surface area contributed by atoms with Gasteiger partial charge in [-0.05, 0) is 39.0 Å². The first-order valence-electron chi connectivity index (χ1n) is 8.38. The van der Waals surface area contributed by atoms with Crippen molar-refractivity contribution in [1.29, 1.82) is 0 Å². The van der Waals surface area contributed by atoms with Crippen molar-refractivity contribution in [3.63, 3.8) is 0 Å². The number of aryl methyl sites for hydroxylation is 1. The topological polar surface area (TPSA) is 98.1 Å². The Kier molecular flexibility index (Phi) is 4.83. The van der Waals surface area contributed by atoms with Crippen molar-refractivity contribution in [1.82, 2.24) is 10.2 Å². The number of carbonyl (C=O) groups excluding carboxylic acids is 3.